The van der Waals surface area contributed by atoms with Crippen LogP contribution in [0.3, 0.4) is 0 Å². The zero-order valence-electron chi connectivity index (χ0n) is 11.5. The van der Waals surface area contributed by atoms with Gasteiger partial charge in [0.05, 0.1) is 12.2 Å². The lowest BCUT2D eigenvalue weighted by molar-refractivity contribution is 0.102. The molecule has 1 fully saturated rings. The number of halogens is 2. The van der Waals surface area contributed by atoms with Crippen molar-refractivity contribution in [3.05, 3.63) is 47.7 Å². The van der Waals surface area contributed by atoms with Gasteiger partial charge in [-0.1, -0.05) is 0 Å². The number of hydrogen-bond donors (Lipinski definition) is 1. The molecule has 1 aliphatic rings. The SMILES string of the molecule is CC(C1CC1)n1nccc1NC(=O)c1cc(F)cc(F)c1. The Balaban J connectivity index is 1.80. The van der Waals surface area contributed by atoms with E-state index in [9.17, 15) is 13.6 Å². The van der Waals surface area contributed by atoms with Crippen LogP contribution in [0.5, 0.6) is 0 Å². The normalized spacial score (nSPS) is 15.8. The third-order valence-electron chi connectivity index (χ3n) is 3.73. The van der Waals surface area contributed by atoms with Crippen molar-refractivity contribution in [1.82, 2.24) is 9.78 Å². The summed E-state index contributed by atoms with van der Waals surface area (Å²) in [6, 6.07) is 4.61. The van der Waals surface area contributed by atoms with Gasteiger partial charge in [-0.25, -0.2) is 13.5 Å². The van der Waals surface area contributed by atoms with Crippen molar-refractivity contribution >= 4 is 11.7 Å². The molecule has 0 aliphatic heterocycles. The van der Waals surface area contributed by atoms with E-state index in [2.05, 4.69) is 10.4 Å². The number of aromatic nitrogens is 2. The van der Waals surface area contributed by atoms with Gasteiger partial charge in [-0.15, -0.1) is 0 Å². The quantitative estimate of drug-likeness (QED) is 0.938. The van der Waals surface area contributed by atoms with Gasteiger partial charge in [0.2, 0.25) is 0 Å². The van der Waals surface area contributed by atoms with Gasteiger partial charge in [0.1, 0.15) is 17.5 Å². The van der Waals surface area contributed by atoms with Crippen LogP contribution < -0.4 is 5.32 Å². The summed E-state index contributed by atoms with van der Waals surface area (Å²) in [5, 5.41) is 6.87. The predicted octanol–water partition coefficient (Wildman–Crippen LogP) is 3.38. The molecule has 21 heavy (non-hydrogen) atoms. The second-order valence-corrected chi connectivity index (χ2v) is 5.35. The molecule has 1 amide bonds. The lowest BCUT2D eigenvalue weighted by Gasteiger charge is -2.15. The van der Waals surface area contributed by atoms with Gasteiger partial charge in [-0.3, -0.25) is 4.79 Å². The average molecular weight is 291 g/mol. The van der Waals surface area contributed by atoms with Crippen LogP contribution in [0.1, 0.15) is 36.2 Å². The smallest absolute Gasteiger partial charge is 0.257 e. The Labute approximate surface area is 120 Å². The molecule has 0 radical (unpaired) electrons. The maximum Gasteiger partial charge on any atom is 0.257 e. The Morgan fingerprint density at radius 3 is 2.62 bits per heavy atom. The Kier molecular flexibility index (Phi) is 3.45. The monoisotopic (exact) mass is 291 g/mol. The molecule has 1 heterocycles. The van der Waals surface area contributed by atoms with E-state index < -0.39 is 17.5 Å². The summed E-state index contributed by atoms with van der Waals surface area (Å²) >= 11 is 0. The molecule has 110 valence electrons. The van der Waals surface area contributed by atoms with Gasteiger partial charge in [0, 0.05) is 17.7 Å². The number of rotatable bonds is 4. The molecule has 6 heteroatoms. The third-order valence-corrected chi connectivity index (χ3v) is 3.73. The zero-order valence-corrected chi connectivity index (χ0v) is 11.5. The highest BCUT2D eigenvalue weighted by molar-refractivity contribution is 6.03. The molecule has 4 nitrogen and oxygen atoms in total. The second kappa shape index (κ2) is 5.27. The molecule has 1 unspecified atom stereocenters. The summed E-state index contributed by atoms with van der Waals surface area (Å²) in [5.74, 6) is -1.01. The topological polar surface area (TPSA) is 46.9 Å². The largest absolute Gasteiger partial charge is 0.307 e. The number of benzene rings is 1. The van der Waals surface area contributed by atoms with Crippen LogP contribution in [0.15, 0.2) is 30.5 Å². The van der Waals surface area contributed by atoms with E-state index in [1.54, 1.807) is 16.9 Å². The molecule has 0 spiro atoms. The van der Waals surface area contributed by atoms with Gasteiger partial charge in [-0.2, -0.15) is 5.10 Å². The molecule has 2 aromatic rings. The minimum absolute atomic E-state index is 0.0562. The summed E-state index contributed by atoms with van der Waals surface area (Å²) in [7, 11) is 0. The zero-order chi connectivity index (χ0) is 15.0. The van der Waals surface area contributed by atoms with Crippen LogP contribution in [0.4, 0.5) is 14.6 Å². The van der Waals surface area contributed by atoms with Crippen LogP contribution in [-0.4, -0.2) is 15.7 Å². The lowest BCUT2D eigenvalue weighted by atomic mass is 10.2. The minimum Gasteiger partial charge on any atom is -0.307 e. The van der Waals surface area contributed by atoms with Crippen LogP contribution in [-0.2, 0) is 0 Å². The molecule has 1 saturated carbocycles. The van der Waals surface area contributed by atoms with E-state index in [1.165, 1.54) is 0 Å². The summed E-state index contributed by atoms with van der Waals surface area (Å²) < 4.78 is 28.0. The Bertz CT molecular complexity index is 659. The summed E-state index contributed by atoms with van der Waals surface area (Å²) in [6.45, 7) is 2.04. The third kappa shape index (κ3) is 2.94. The number of amides is 1. The fraction of sp³-hybridized carbons (Fsp3) is 0.333. The van der Waals surface area contributed by atoms with Gasteiger partial charge < -0.3 is 5.32 Å². The molecular weight excluding hydrogens is 276 g/mol. The summed E-state index contributed by atoms with van der Waals surface area (Å²) in [5.41, 5.74) is -0.0562. The molecule has 1 atom stereocenters. The summed E-state index contributed by atoms with van der Waals surface area (Å²) in [6.07, 6.45) is 3.91. The van der Waals surface area contributed by atoms with Crippen molar-refractivity contribution in [2.45, 2.75) is 25.8 Å². The first kappa shape index (κ1) is 13.7. The molecule has 3 rings (SSSR count). The van der Waals surface area contributed by atoms with Gasteiger partial charge >= 0.3 is 0 Å². The molecule has 0 bridgehead atoms. The molecular formula is C15H15F2N3O. The molecule has 1 aromatic heterocycles. The van der Waals surface area contributed by atoms with E-state index in [-0.39, 0.29) is 11.6 Å². The number of nitrogens with one attached hydrogen (secondary N) is 1. The van der Waals surface area contributed by atoms with Crippen LogP contribution >= 0.6 is 0 Å². The predicted molar refractivity (Wildman–Crippen MR) is 74.0 cm³/mol. The second-order valence-electron chi connectivity index (χ2n) is 5.35. The van der Waals surface area contributed by atoms with Crippen molar-refractivity contribution in [3.8, 4) is 0 Å². The average Bonchev–Trinajstić information content (AvgIpc) is 3.17. The number of hydrogen-bond acceptors (Lipinski definition) is 2. The van der Waals surface area contributed by atoms with Crippen molar-refractivity contribution in [1.29, 1.82) is 0 Å². The number of anilines is 1. The van der Waals surface area contributed by atoms with Crippen LogP contribution in [0.25, 0.3) is 0 Å². The Morgan fingerprint density at radius 1 is 1.33 bits per heavy atom. The van der Waals surface area contributed by atoms with Gasteiger partial charge in [0.25, 0.3) is 5.91 Å². The van der Waals surface area contributed by atoms with E-state index >= 15 is 0 Å². The van der Waals surface area contributed by atoms with Crippen molar-refractivity contribution in [3.63, 3.8) is 0 Å². The molecule has 1 aromatic carbocycles. The fourth-order valence-electron chi connectivity index (χ4n) is 2.39. The van der Waals surface area contributed by atoms with E-state index in [4.69, 9.17) is 0 Å². The van der Waals surface area contributed by atoms with Crippen molar-refractivity contribution in [2.75, 3.05) is 5.32 Å². The number of carbonyl (C=O) groups is 1. The van der Waals surface area contributed by atoms with E-state index in [0.29, 0.717) is 11.7 Å². The van der Waals surface area contributed by atoms with E-state index in [1.807, 2.05) is 6.92 Å². The molecule has 1 aliphatic carbocycles. The Morgan fingerprint density at radius 2 is 2.00 bits per heavy atom. The van der Waals surface area contributed by atoms with Crippen LogP contribution in [0.2, 0.25) is 0 Å². The van der Waals surface area contributed by atoms with E-state index in [0.717, 1.165) is 31.0 Å². The highest BCUT2D eigenvalue weighted by Gasteiger charge is 2.30. The van der Waals surface area contributed by atoms with Gasteiger partial charge in [-0.05, 0) is 37.8 Å². The summed E-state index contributed by atoms with van der Waals surface area (Å²) in [4.78, 5) is 12.1. The number of nitrogens with zero attached hydrogens (tertiary/aromatic N) is 2. The first-order chi connectivity index (χ1) is 10.0. The highest BCUT2D eigenvalue weighted by Crippen LogP contribution is 2.40. The first-order valence-electron chi connectivity index (χ1n) is 6.85. The maximum absolute atomic E-state index is 13.2. The maximum atomic E-state index is 13.2. The van der Waals surface area contributed by atoms with Crippen molar-refractivity contribution in [2.24, 2.45) is 5.92 Å². The molecule has 0 saturated heterocycles. The molecule has 1 N–H and O–H groups in total. The van der Waals surface area contributed by atoms with Crippen LogP contribution in [0, 0.1) is 17.6 Å². The van der Waals surface area contributed by atoms with Gasteiger partial charge in [0.15, 0.2) is 0 Å². The standard InChI is InChI=1S/C15H15F2N3O/c1-9(10-2-3-10)20-14(4-5-18-20)19-15(21)11-6-12(16)8-13(17)7-11/h4-10H,2-3H2,1H3,(H,19,21). The number of carbonyl (C=O) groups excluding carboxylic acids is 1. The van der Waals surface area contributed by atoms with Crippen molar-refractivity contribution < 1.29 is 13.6 Å². The fourth-order valence-corrected chi connectivity index (χ4v) is 2.39. The Hall–Kier alpha value is -2.24. The highest BCUT2D eigenvalue weighted by atomic mass is 19.1. The first-order valence-corrected chi connectivity index (χ1v) is 6.85. The minimum atomic E-state index is -0.778. The lowest BCUT2D eigenvalue weighted by Crippen LogP contribution is -2.18.